The SMILES string of the molecule is Cc1cc(CCCCN)cc(NS(C)(=O)=O)c1. The molecule has 0 heterocycles. The molecule has 0 unspecified atom stereocenters. The third-order valence-corrected chi connectivity index (χ3v) is 2.97. The molecule has 0 atom stereocenters. The molecule has 0 fully saturated rings. The molecule has 0 aliphatic carbocycles. The van der Waals surface area contributed by atoms with E-state index >= 15 is 0 Å². The van der Waals surface area contributed by atoms with E-state index in [0.717, 1.165) is 36.6 Å². The summed E-state index contributed by atoms with van der Waals surface area (Å²) in [5.41, 5.74) is 8.28. The number of anilines is 1. The number of benzene rings is 1. The molecule has 1 aromatic rings. The molecule has 0 aromatic heterocycles. The van der Waals surface area contributed by atoms with Crippen LogP contribution in [0.2, 0.25) is 0 Å². The zero-order chi connectivity index (χ0) is 12.9. The van der Waals surface area contributed by atoms with E-state index in [-0.39, 0.29) is 0 Å². The largest absolute Gasteiger partial charge is 0.330 e. The maximum Gasteiger partial charge on any atom is 0.229 e. The third kappa shape index (κ3) is 5.70. The van der Waals surface area contributed by atoms with E-state index in [0.29, 0.717) is 12.2 Å². The lowest BCUT2D eigenvalue weighted by atomic mass is 10.0. The van der Waals surface area contributed by atoms with E-state index in [1.807, 2.05) is 19.1 Å². The zero-order valence-electron chi connectivity index (χ0n) is 10.4. The van der Waals surface area contributed by atoms with Gasteiger partial charge in [-0.1, -0.05) is 6.07 Å². The van der Waals surface area contributed by atoms with Gasteiger partial charge in [-0.05, 0) is 56.0 Å². The van der Waals surface area contributed by atoms with Crippen molar-refractivity contribution in [1.29, 1.82) is 0 Å². The second-order valence-corrected chi connectivity index (χ2v) is 6.08. The second-order valence-electron chi connectivity index (χ2n) is 4.33. The molecule has 0 bridgehead atoms. The van der Waals surface area contributed by atoms with E-state index in [4.69, 9.17) is 5.73 Å². The first-order chi connectivity index (χ1) is 7.90. The summed E-state index contributed by atoms with van der Waals surface area (Å²) in [5, 5.41) is 0. The quantitative estimate of drug-likeness (QED) is 0.760. The van der Waals surface area contributed by atoms with Gasteiger partial charge >= 0.3 is 0 Å². The van der Waals surface area contributed by atoms with Crippen molar-refractivity contribution >= 4 is 15.7 Å². The predicted octanol–water partition coefficient (Wildman–Crippen LogP) is 1.65. The minimum absolute atomic E-state index is 0.634. The highest BCUT2D eigenvalue weighted by Gasteiger charge is 2.04. The van der Waals surface area contributed by atoms with Crippen molar-refractivity contribution in [3.8, 4) is 0 Å². The van der Waals surface area contributed by atoms with Crippen LogP contribution in [0.4, 0.5) is 5.69 Å². The maximum absolute atomic E-state index is 11.2. The van der Waals surface area contributed by atoms with Crippen LogP contribution < -0.4 is 10.5 Å². The Kier molecular flexibility index (Phi) is 4.96. The Balaban J connectivity index is 2.79. The highest BCUT2D eigenvalue weighted by Crippen LogP contribution is 2.17. The zero-order valence-corrected chi connectivity index (χ0v) is 11.2. The molecule has 0 saturated carbocycles. The molecule has 0 spiro atoms. The van der Waals surface area contributed by atoms with Gasteiger partial charge in [0.05, 0.1) is 6.26 Å². The van der Waals surface area contributed by atoms with Gasteiger partial charge < -0.3 is 5.73 Å². The van der Waals surface area contributed by atoms with Gasteiger partial charge in [0, 0.05) is 5.69 Å². The maximum atomic E-state index is 11.2. The minimum Gasteiger partial charge on any atom is -0.330 e. The van der Waals surface area contributed by atoms with Crippen molar-refractivity contribution in [2.75, 3.05) is 17.5 Å². The number of nitrogens with one attached hydrogen (secondary N) is 1. The molecule has 0 radical (unpaired) electrons. The molecule has 0 saturated heterocycles. The first-order valence-corrected chi connectivity index (χ1v) is 7.58. The number of hydrogen-bond donors (Lipinski definition) is 2. The van der Waals surface area contributed by atoms with Crippen LogP contribution in [0.1, 0.15) is 24.0 Å². The molecule has 5 heteroatoms. The lowest BCUT2D eigenvalue weighted by Crippen LogP contribution is -2.10. The molecular formula is C12H20N2O2S. The normalized spacial score (nSPS) is 11.5. The fourth-order valence-electron chi connectivity index (χ4n) is 1.75. The Morgan fingerprint density at radius 1 is 1.24 bits per heavy atom. The molecule has 1 rings (SSSR count). The van der Waals surface area contributed by atoms with Crippen LogP contribution in [0.3, 0.4) is 0 Å². The number of nitrogens with two attached hydrogens (primary N) is 1. The first kappa shape index (κ1) is 14.0. The van der Waals surface area contributed by atoms with E-state index in [1.54, 1.807) is 0 Å². The summed E-state index contributed by atoms with van der Waals surface area (Å²) in [7, 11) is -3.21. The van der Waals surface area contributed by atoms with Crippen molar-refractivity contribution in [1.82, 2.24) is 0 Å². The van der Waals surface area contributed by atoms with Crippen molar-refractivity contribution in [2.24, 2.45) is 5.73 Å². The summed E-state index contributed by atoms with van der Waals surface area (Å²) < 4.78 is 24.8. The molecule has 0 aliphatic heterocycles. The van der Waals surface area contributed by atoms with Gasteiger partial charge in [-0.2, -0.15) is 0 Å². The van der Waals surface area contributed by atoms with Gasteiger partial charge in [-0.3, -0.25) is 4.72 Å². The number of aryl methyl sites for hydroxylation is 2. The van der Waals surface area contributed by atoms with Crippen molar-refractivity contribution in [3.63, 3.8) is 0 Å². The van der Waals surface area contributed by atoms with Crippen LogP contribution in [0, 0.1) is 6.92 Å². The van der Waals surface area contributed by atoms with Crippen LogP contribution >= 0.6 is 0 Å². The summed E-state index contributed by atoms with van der Waals surface area (Å²) in [6.45, 7) is 2.65. The van der Waals surface area contributed by atoms with Gasteiger partial charge in [0.2, 0.25) is 10.0 Å². The fourth-order valence-corrected chi connectivity index (χ4v) is 2.30. The number of sulfonamides is 1. The number of hydrogen-bond acceptors (Lipinski definition) is 3. The number of rotatable bonds is 6. The standard InChI is InChI=1S/C12H20N2O2S/c1-10-7-11(5-3-4-6-13)9-12(8-10)14-17(2,15)16/h7-9,14H,3-6,13H2,1-2H3. The lowest BCUT2D eigenvalue weighted by Gasteiger charge is -2.08. The summed E-state index contributed by atoms with van der Waals surface area (Å²) in [4.78, 5) is 0. The van der Waals surface area contributed by atoms with Crippen molar-refractivity contribution in [2.45, 2.75) is 26.2 Å². The topological polar surface area (TPSA) is 72.2 Å². The van der Waals surface area contributed by atoms with Crippen LogP contribution in [0.25, 0.3) is 0 Å². The Bertz CT molecular complexity index is 469. The molecular weight excluding hydrogens is 236 g/mol. The van der Waals surface area contributed by atoms with Crippen LogP contribution in [0.5, 0.6) is 0 Å². The Hall–Kier alpha value is -1.07. The van der Waals surface area contributed by atoms with Crippen molar-refractivity contribution in [3.05, 3.63) is 29.3 Å². The Morgan fingerprint density at radius 2 is 1.94 bits per heavy atom. The average Bonchev–Trinajstić information content (AvgIpc) is 2.14. The predicted molar refractivity (Wildman–Crippen MR) is 71.6 cm³/mol. The molecule has 17 heavy (non-hydrogen) atoms. The van der Waals surface area contributed by atoms with Gasteiger partial charge in [0.1, 0.15) is 0 Å². The summed E-state index contributed by atoms with van der Waals surface area (Å²) in [6.07, 6.45) is 4.10. The molecule has 4 nitrogen and oxygen atoms in total. The Labute approximate surface area is 103 Å². The molecule has 96 valence electrons. The molecule has 0 amide bonds. The summed E-state index contributed by atoms with van der Waals surface area (Å²) >= 11 is 0. The van der Waals surface area contributed by atoms with Gasteiger partial charge in [-0.25, -0.2) is 8.42 Å². The summed E-state index contributed by atoms with van der Waals surface area (Å²) in [5.74, 6) is 0. The van der Waals surface area contributed by atoms with Gasteiger partial charge in [0.15, 0.2) is 0 Å². The molecule has 1 aromatic carbocycles. The summed E-state index contributed by atoms with van der Waals surface area (Å²) in [6, 6.07) is 5.78. The monoisotopic (exact) mass is 256 g/mol. The van der Waals surface area contributed by atoms with E-state index in [2.05, 4.69) is 10.8 Å². The number of unbranched alkanes of at least 4 members (excludes halogenated alkanes) is 1. The van der Waals surface area contributed by atoms with E-state index in [9.17, 15) is 8.42 Å². The highest BCUT2D eigenvalue weighted by molar-refractivity contribution is 7.92. The van der Waals surface area contributed by atoms with Crippen LogP contribution in [-0.4, -0.2) is 21.2 Å². The van der Waals surface area contributed by atoms with Gasteiger partial charge in [-0.15, -0.1) is 0 Å². The smallest absolute Gasteiger partial charge is 0.229 e. The third-order valence-electron chi connectivity index (χ3n) is 2.36. The highest BCUT2D eigenvalue weighted by atomic mass is 32.2. The van der Waals surface area contributed by atoms with E-state index in [1.165, 1.54) is 0 Å². The van der Waals surface area contributed by atoms with E-state index < -0.39 is 10.0 Å². The first-order valence-electron chi connectivity index (χ1n) is 5.69. The lowest BCUT2D eigenvalue weighted by molar-refractivity contribution is 0.607. The minimum atomic E-state index is -3.21. The second kappa shape index (κ2) is 6.02. The molecule has 3 N–H and O–H groups in total. The van der Waals surface area contributed by atoms with Crippen LogP contribution in [0.15, 0.2) is 18.2 Å². The fraction of sp³-hybridized carbons (Fsp3) is 0.500. The van der Waals surface area contributed by atoms with Crippen molar-refractivity contribution < 1.29 is 8.42 Å². The van der Waals surface area contributed by atoms with Crippen LogP contribution in [-0.2, 0) is 16.4 Å². The van der Waals surface area contributed by atoms with Gasteiger partial charge in [0.25, 0.3) is 0 Å². The molecule has 0 aliphatic rings. The Morgan fingerprint density at radius 3 is 2.53 bits per heavy atom. The average molecular weight is 256 g/mol.